The lowest BCUT2D eigenvalue weighted by Gasteiger charge is -2.36. The standard InChI is InChI=1S/C65H44N2/c1-5-23-47(24-6-1)65(48-25-7-2-8-26-48)61-43-51(66(49-27-9-3-10-28-49)63-41-45-21-13-15-31-53(45)55-33-17-19-35-59(55)63)37-39-57(61)58-40-38-52(44-62(58)65)67(50-29-11-4-12-30-50)64-42-46-22-14-16-32-54(46)56-34-18-20-36-60(56)64/h1-44H. The lowest BCUT2D eigenvalue weighted by Crippen LogP contribution is -2.29. The average Bonchev–Trinajstić information content (AvgIpc) is 3.69. The van der Waals surface area contributed by atoms with Gasteiger partial charge in [0.2, 0.25) is 0 Å². The van der Waals surface area contributed by atoms with E-state index in [-0.39, 0.29) is 0 Å². The van der Waals surface area contributed by atoms with Crippen LogP contribution in [0, 0.1) is 0 Å². The van der Waals surface area contributed by atoms with Gasteiger partial charge in [-0.15, -0.1) is 0 Å². The van der Waals surface area contributed by atoms with E-state index in [0.29, 0.717) is 0 Å². The van der Waals surface area contributed by atoms with Crippen LogP contribution in [0.4, 0.5) is 34.1 Å². The Morgan fingerprint density at radius 2 is 0.567 bits per heavy atom. The lowest BCUT2D eigenvalue weighted by molar-refractivity contribution is 0.768. The van der Waals surface area contributed by atoms with E-state index in [1.807, 2.05) is 0 Å². The molecule has 12 aromatic carbocycles. The Labute approximate surface area is 390 Å². The van der Waals surface area contributed by atoms with Gasteiger partial charge in [0.15, 0.2) is 0 Å². The minimum absolute atomic E-state index is 0.666. The molecule has 0 fully saturated rings. The summed E-state index contributed by atoms with van der Waals surface area (Å²) in [6, 6.07) is 98.4. The number of hydrogen-bond donors (Lipinski definition) is 0. The van der Waals surface area contributed by atoms with Crippen LogP contribution in [0.15, 0.2) is 267 Å². The SMILES string of the molecule is c1ccc(N(c2ccc3c(c2)C(c2ccccc2)(c2ccccc2)c2cc(N(c4ccccc4)c4cc5ccccc5c5ccccc45)ccc2-3)c2cc3ccccc3c3ccccc23)cc1. The summed E-state index contributed by atoms with van der Waals surface area (Å²) in [6.45, 7) is 0. The normalized spacial score (nSPS) is 12.6. The molecule has 12 aromatic rings. The fourth-order valence-corrected chi connectivity index (χ4v) is 11.2. The molecule has 1 aliphatic rings. The van der Waals surface area contributed by atoms with Crippen molar-refractivity contribution in [3.05, 3.63) is 289 Å². The lowest BCUT2D eigenvalue weighted by atomic mass is 9.67. The maximum absolute atomic E-state index is 2.48. The van der Waals surface area contributed by atoms with Gasteiger partial charge in [-0.2, -0.15) is 0 Å². The van der Waals surface area contributed by atoms with Crippen LogP contribution in [0.5, 0.6) is 0 Å². The molecule has 13 rings (SSSR count). The number of hydrogen-bond acceptors (Lipinski definition) is 2. The molecule has 0 amide bonds. The largest absolute Gasteiger partial charge is 0.310 e. The Morgan fingerprint density at radius 3 is 0.970 bits per heavy atom. The minimum atomic E-state index is -0.666. The molecule has 1 aliphatic carbocycles. The third kappa shape index (κ3) is 6.11. The maximum Gasteiger partial charge on any atom is 0.0715 e. The molecule has 0 heterocycles. The first kappa shape index (κ1) is 38.7. The molecule has 0 bridgehead atoms. The average molecular weight is 853 g/mol. The van der Waals surface area contributed by atoms with Gasteiger partial charge >= 0.3 is 0 Å². The second-order valence-corrected chi connectivity index (χ2v) is 17.6. The third-order valence-corrected chi connectivity index (χ3v) is 14.0. The number of anilines is 6. The van der Waals surface area contributed by atoms with Gasteiger partial charge in [-0.1, -0.05) is 206 Å². The van der Waals surface area contributed by atoms with E-state index in [9.17, 15) is 0 Å². The highest BCUT2D eigenvalue weighted by Crippen LogP contribution is 2.59. The monoisotopic (exact) mass is 852 g/mol. The molecule has 0 saturated carbocycles. The Balaban J connectivity index is 1.09. The molecule has 0 spiro atoms. The number of nitrogens with zero attached hydrogens (tertiary/aromatic N) is 2. The van der Waals surface area contributed by atoms with Crippen LogP contribution >= 0.6 is 0 Å². The van der Waals surface area contributed by atoms with Crippen molar-refractivity contribution in [2.24, 2.45) is 0 Å². The van der Waals surface area contributed by atoms with Gasteiger partial charge in [0.1, 0.15) is 0 Å². The summed E-state index contributed by atoms with van der Waals surface area (Å²) in [5, 5.41) is 9.82. The summed E-state index contributed by atoms with van der Waals surface area (Å²) in [4.78, 5) is 4.93. The first-order chi connectivity index (χ1) is 33.3. The van der Waals surface area contributed by atoms with E-state index >= 15 is 0 Å². The van der Waals surface area contributed by atoms with Gasteiger partial charge in [0, 0.05) is 33.5 Å². The van der Waals surface area contributed by atoms with Gasteiger partial charge in [0.25, 0.3) is 0 Å². The minimum Gasteiger partial charge on any atom is -0.310 e. The summed E-state index contributed by atoms with van der Waals surface area (Å²) < 4.78 is 0. The van der Waals surface area contributed by atoms with Crippen LogP contribution in [-0.4, -0.2) is 0 Å². The van der Waals surface area contributed by atoms with Crippen molar-refractivity contribution in [1.29, 1.82) is 0 Å². The van der Waals surface area contributed by atoms with Crippen LogP contribution in [-0.2, 0) is 5.41 Å². The van der Waals surface area contributed by atoms with Crippen molar-refractivity contribution in [1.82, 2.24) is 0 Å². The van der Waals surface area contributed by atoms with Crippen LogP contribution in [0.25, 0.3) is 54.2 Å². The van der Waals surface area contributed by atoms with E-state index in [4.69, 9.17) is 0 Å². The summed E-state index contributed by atoms with van der Waals surface area (Å²) in [6.07, 6.45) is 0. The highest BCUT2D eigenvalue weighted by molar-refractivity contribution is 6.16. The summed E-state index contributed by atoms with van der Waals surface area (Å²) in [7, 11) is 0. The summed E-state index contributed by atoms with van der Waals surface area (Å²) in [5.74, 6) is 0. The van der Waals surface area contributed by atoms with Crippen molar-refractivity contribution in [3.8, 4) is 11.1 Å². The molecule has 0 atom stereocenters. The van der Waals surface area contributed by atoms with Gasteiger partial charge in [0.05, 0.1) is 16.8 Å². The van der Waals surface area contributed by atoms with E-state index in [2.05, 4.69) is 277 Å². The quantitative estimate of drug-likeness (QED) is 0.141. The molecular weight excluding hydrogens is 809 g/mol. The molecule has 0 aromatic heterocycles. The van der Waals surface area contributed by atoms with Crippen molar-refractivity contribution in [2.45, 2.75) is 5.41 Å². The molecule has 0 aliphatic heterocycles. The van der Waals surface area contributed by atoms with Crippen LogP contribution in [0.1, 0.15) is 22.3 Å². The fourth-order valence-electron chi connectivity index (χ4n) is 11.2. The molecule has 0 unspecified atom stereocenters. The highest BCUT2D eigenvalue weighted by atomic mass is 15.1. The predicted molar refractivity (Wildman–Crippen MR) is 283 cm³/mol. The molecule has 2 nitrogen and oxygen atoms in total. The Kier molecular flexibility index (Phi) is 9.11. The van der Waals surface area contributed by atoms with Gasteiger partial charge in [-0.05, 0) is 126 Å². The molecule has 2 heteroatoms. The molecule has 67 heavy (non-hydrogen) atoms. The zero-order chi connectivity index (χ0) is 44.3. The first-order valence-electron chi connectivity index (χ1n) is 23.2. The number of para-hydroxylation sites is 2. The number of rotatable bonds is 8. The van der Waals surface area contributed by atoms with E-state index in [1.54, 1.807) is 0 Å². The third-order valence-electron chi connectivity index (χ3n) is 14.0. The molecular formula is C65H44N2. The van der Waals surface area contributed by atoms with Crippen molar-refractivity contribution >= 4 is 77.2 Å². The number of benzene rings is 12. The molecule has 0 radical (unpaired) electrons. The second kappa shape index (κ2) is 15.8. The fraction of sp³-hybridized carbons (Fsp3) is 0.0154. The maximum atomic E-state index is 2.48. The van der Waals surface area contributed by atoms with Crippen LogP contribution in [0.3, 0.4) is 0 Å². The zero-order valence-corrected chi connectivity index (χ0v) is 36.8. The predicted octanol–water partition coefficient (Wildman–Crippen LogP) is 17.6. The Hall–Kier alpha value is -8.72. The van der Waals surface area contributed by atoms with Gasteiger partial charge in [-0.3, -0.25) is 0 Å². The van der Waals surface area contributed by atoms with Crippen molar-refractivity contribution < 1.29 is 0 Å². The number of fused-ring (bicyclic) bond motifs is 9. The van der Waals surface area contributed by atoms with Crippen LogP contribution < -0.4 is 9.80 Å². The molecule has 314 valence electrons. The molecule has 0 saturated heterocycles. The zero-order valence-electron chi connectivity index (χ0n) is 36.8. The van der Waals surface area contributed by atoms with Crippen molar-refractivity contribution in [2.75, 3.05) is 9.80 Å². The van der Waals surface area contributed by atoms with Gasteiger partial charge in [-0.25, -0.2) is 0 Å². The smallest absolute Gasteiger partial charge is 0.0715 e. The Bertz CT molecular complexity index is 3550. The van der Waals surface area contributed by atoms with E-state index in [0.717, 1.165) is 34.1 Å². The highest BCUT2D eigenvalue weighted by Gasteiger charge is 2.47. The van der Waals surface area contributed by atoms with E-state index in [1.165, 1.54) is 76.5 Å². The Morgan fingerprint density at radius 1 is 0.239 bits per heavy atom. The summed E-state index contributed by atoms with van der Waals surface area (Å²) >= 11 is 0. The van der Waals surface area contributed by atoms with E-state index < -0.39 is 5.41 Å². The van der Waals surface area contributed by atoms with Gasteiger partial charge < -0.3 is 9.80 Å². The second-order valence-electron chi connectivity index (χ2n) is 17.6. The van der Waals surface area contributed by atoms with Crippen molar-refractivity contribution in [3.63, 3.8) is 0 Å². The molecule has 0 N–H and O–H groups in total. The topological polar surface area (TPSA) is 6.48 Å². The first-order valence-corrected chi connectivity index (χ1v) is 23.2. The van der Waals surface area contributed by atoms with Crippen LogP contribution in [0.2, 0.25) is 0 Å². The summed E-state index contributed by atoms with van der Waals surface area (Å²) in [5.41, 5.74) is 13.4.